The number of carbonyl (C=O) groups is 4. The topological polar surface area (TPSA) is 83.6 Å². The molecule has 0 radical (unpaired) electrons. The van der Waals surface area contributed by atoms with E-state index >= 15 is 0 Å². The number of nitrogens with one attached hydrogen (secondary N) is 1. The Kier molecular flexibility index (Phi) is 4.59. The molecule has 4 rings (SSSR count). The van der Waals surface area contributed by atoms with Crippen LogP contribution in [0, 0.1) is 0 Å². The first-order valence-corrected chi connectivity index (χ1v) is 10.1. The van der Waals surface area contributed by atoms with Crippen LogP contribution in [0.25, 0.3) is 0 Å². The maximum absolute atomic E-state index is 14.7. The van der Waals surface area contributed by atoms with E-state index < -0.39 is 84.1 Å². The molecule has 2 heterocycles. The van der Waals surface area contributed by atoms with Crippen molar-refractivity contribution in [2.45, 2.75) is 44.2 Å². The average Bonchev–Trinajstić information content (AvgIpc) is 3.08. The van der Waals surface area contributed by atoms with Crippen molar-refractivity contribution in [3.05, 3.63) is 69.7 Å². The Morgan fingerprint density at radius 3 is 2.66 bits per heavy atom. The fraction of sp³-hybridized carbons (Fsp3) is 0.304. The number of Topliss-reactive ketones (excluding diaryl/α,β-unsaturated/α-hetero) is 1. The lowest BCUT2D eigenvalue weighted by Crippen LogP contribution is -2.52. The Morgan fingerprint density at radius 1 is 1.25 bits per heavy atom. The number of amides is 3. The Labute approximate surface area is 193 Å². The summed E-state index contributed by atoms with van der Waals surface area (Å²) in [6.07, 6.45) is -1.36. The Bertz CT molecular complexity index is 1310. The van der Waals surface area contributed by atoms with Gasteiger partial charge in [-0.1, -0.05) is 35.8 Å². The number of hydrogen-bond acceptors (Lipinski definition) is 4. The van der Waals surface area contributed by atoms with Gasteiger partial charge in [-0.2, -0.15) is 8.78 Å². The molecule has 2 unspecified atom stereocenters. The zero-order valence-electron chi connectivity index (χ0n) is 20.5. The predicted octanol–water partition coefficient (Wildman–Crippen LogP) is 3.39. The third-order valence-corrected chi connectivity index (χ3v) is 5.57. The average molecular weight is 465 g/mol. The Balaban J connectivity index is 1.62. The molecule has 1 saturated heterocycles. The quantitative estimate of drug-likeness (QED) is 0.664. The van der Waals surface area contributed by atoms with Gasteiger partial charge in [-0.3, -0.25) is 24.5 Å². The van der Waals surface area contributed by atoms with E-state index in [0.29, 0.717) is 0 Å². The van der Waals surface area contributed by atoms with Gasteiger partial charge in [0.1, 0.15) is 6.04 Å². The second kappa shape index (κ2) is 8.43. The molecular weight excluding hydrogens is 442 g/mol. The molecular formula is C23H19ClF2N2O4. The zero-order valence-corrected chi connectivity index (χ0v) is 17.3. The standard InChI is InChI=1S/C23H19ClF2N2O4/c24-16-5-3-15(4-6-16)23(25,26)19(29)9-2-13-1-7-17-14(11-13)12-28(22(17)32)18-8-10-20(30)27-21(18)31/h1,3-7,11,18H,2,8-10,12H2,(H,27,30,31)/i1D,7D,11D,12D. The van der Waals surface area contributed by atoms with Crippen LogP contribution in [-0.2, 0) is 33.2 Å². The van der Waals surface area contributed by atoms with Gasteiger partial charge >= 0.3 is 5.92 Å². The van der Waals surface area contributed by atoms with Crippen LogP contribution in [0.2, 0.25) is 5.02 Å². The monoisotopic (exact) mass is 464 g/mol. The molecule has 9 heteroatoms. The highest BCUT2D eigenvalue weighted by Crippen LogP contribution is 2.32. The first-order chi connectivity index (χ1) is 16.9. The summed E-state index contributed by atoms with van der Waals surface area (Å²) in [4.78, 5) is 50.0. The summed E-state index contributed by atoms with van der Waals surface area (Å²) < 4.78 is 62.8. The molecule has 2 aromatic carbocycles. The van der Waals surface area contributed by atoms with E-state index in [-0.39, 0.29) is 29.0 Å². The summed E-state index contributed by atoms with van der Waals surface area (Å²) >= 11 is 5.71. The van der Waals surface area contributed by atoms with Gasteiger partial charge in [-0.25, -0.2) is 0 Å². The number of fused-ring (bicyclic) bond motifs is 1. The number of alkyl halides is 2. The molecule has 1 N–H and O–H groups in total. The van der Waals surface area contributed by atoms with Gasteiger partial charge in [0.15, 0.2) is 0 Å². The molecule has 6 nitrogen and oxygen atoms in total. The fourth-order valence-electron chi connectivity index (χ4n) is 3.57. The maximum Gasteiger partial charge on any atom is 0.330 e. The minimum Gasteiger partial charge on any atom is -0.322 e. The minimum atomic E-state index is -3.86. The maximum atomic E-state index is 14.7. The molecule has 1 fully saturated rings. The number of rotatable bonds is 6. The second-order valence-corrected chi connectivity index (χ2v) is 7.89. The molecule has 2 aliphatic rings. The van der Waals surface area contributed by atoms with Crippen molar-refractivity contribution < 1.29 is 33.4 Å². The number of carbonyl (C=O) groups excluding carboxylic acids is 4. The molecule has 3 amide bonds. The Morgan fingerprint density at radius 2 is 1.97 bits per heavy atom. The van der Waals surface area contributed by atoms with Gasteiger partial charge in [0.2, 0.25) is 17.6 Å². The van der Waals surface area contributed by atoms with Crippen LogP contribution in [0.15, 0.2) is 42.4 Å². The third kappa shape index (κ3) is 4.14. The van der Waals surface area contributed by atoms with Crippen molar-refractivity contribution in [3.8, 4) is 0 Å². The van der Waals surface area contributed by atoms with Gasteiger partial charge in [0.05, 0.1) is 5.48 Å². The van der Waals surface area contributed by atoms with E-state index in [4.69, 9.17) is 17.1 Å². The highest BCUT2D eigenvalue weighted by Gasteiger charge is 2.41. The fourth-order valence-corrected chi connectivity index (χ4v) is 3.70. The van der Waals surface area contributed by atoms with Gasteiger partial charge in [0.25, 0.3) is 5.91 Å². The number of imide groups is 1. The van der Waals surface area contributed by atoms with Gasteiger partial charge in [0, 0.05) is 35.5 Å². The summed E-state index contributed by atoms with van der Waals surface area (Å²) in [7, 11) is 0. The van der Waals surface area contributed by atoms with Crippen LogP contribution in [-0.4, -0.2) is 34.4 Å². The smallest absolute Gasteiger partial charge is 0.322 e. The number of ketones is 1. The van der Waals surface area contributed by atoms with Gasteiger partial charge in [-0.15, -0.1) is 0 Å². The lowest BCUT2D eigenvalue weighted by Gasteiger charge is -2.29. The van der Waals surface area contributed by atoms with E-state index in [1.807, 2.05) is 0 Å². The normalized spacial score (nSPS) is 22.6. The van der Waals surface area contributed by atoms with Crippen molar-refractivity contribution in [1.29, 1.82) is 0 Å². The summed E-state index contributed by atoms with van der Waals surface area (Å²) in [6.45, 7) is -1.58. The first-order valence-electron chi connectivity index (χ1n) is 11.8. The molecule has 0 spiro atoms. The van der Waals surface area contributed by atoms with E-state index in [1.54, 1.807) is 0 Å². The SMILES string of the molecule is [2H]c1c([2H])c2c(c([2H])c1CCC(=O)C(F)(F)c1ccc(Cl)cc1)C([2H])N(C1CCC(=O)NC1=O)C2=O. The van der Waals surface area contributed by atoms with E-state index in [1.165, 1.54) is 12.1 Å². The predicted molar refractivity (Wildman–Crippen MR) is 111 cm³/mol. The number of hydrogen-bond donors (Lipinski definition) is 1. The van der Waals surface area contributed by atoms with E-state index in [9.17, 15) is 28.0 Å². The minimum absolute atomic E-state index is 0.0463. The van der Waals surface area contributed by atoms with Gasteiger partial charge < -0.3 is 4.90 Å². The highest BCUT2D eigenvalue weighted by molar-refractivity contribution is 6.30. The van der Waals surface area contributed by atoms with Crippen LogP contribution in [0.5, 0.6) is 0 Å². The Hall–Kier alpha value is -3.13. The molecule has 2 aromatic rings. The summed E-state index contributed by atoms with van der Waals surface area (Å²) in [5.41, 5.74) is -1.43. The second-order valence-electron chi connectivity index (χ2n) is 7.46. The molecule has 166 valence electrons. The summed E-state index contributed by atoms with van der Waals surface area (Å²) in [5, 5.41) is 2.30. The van der Waals surface area contributed by atoms with Crippen molar-refractivity contribution in [3.63, 3.8) is 0 Å². The summed E-state index contributed by atoms with van der Waals surface area (Å²) in [6, 6.07) is 1.59. The summed E-state index contributed by atoms with van der Waals surface area (Å²) in [5.74, 6) is -7.54. The van der Waals surface area contributed by atoms with Crippen LogP contribution >= 0.6 is 11.6 Å². The van der Waals surface area contributed by atoms with Crippen LogP contribution < -0.4 is 5.32 Å². The molecule has 2 atom stereocenters. The third-order valence-electron chi connectivity index (χ3n) is 5.31. The van der Waals surface area contributed by atoms with Crippen LogP contribution in [0.1, 0.15) is 51.8 Å². The number of halogens is 3. The van der Waals surface area contributed by atoms with Crippen LogP contribution in [0.3, 0.4) is 0 Å². The van der Waals surface area contributed by atoms with Gasteiger partial charge in [-0.05, 0) is 42.1 Å². The van der Waals surface area contributed by atoms with Crippen molar-refractivity contribution in [2.24, 2.45) is 0 Å². The number of benzene rings is 2. The first kappa shape index (κ1) is 17.4. The van der Waals surface area contributed by atoms with E-state index in [2.05, 4.69) is 5.32 Å². The number of nitrogens with zero attached hydrogens (tertiary/aromatic N) is 1. The van der Waals surface area contributed by atoms with Crippen molar-refractivity contribution >= 4 is 35.1 Å². The zero-order chi connectivity index (χ0) is 26.5. The molecule has 0 aromatic heterocycles. The van der Waals surface area contributed by atoms with Crippen molar-refractivity contribution in [2.75, 3.05) is 0 Å². The van der Waals surface area contributed by atoms with Crippen LogP contribution in [0.4, 0.5) is 8.78 Å². The molecule has 32 heavy (non-hydrogen) atoms. The lowest BCUT2D eigenvalue weighted by atomic mass is 9.97. The molecule has 0 aliphatic carbocycles. The molecule has 2 aliphatic heterocycles. The largest absolute Gasteiger partial charge is 0.330 e. The molecule has 0 bridgehead atoms. The lowest BCUT2D eigenvalue weighted by molar-refractivity contribution is -0.144. The van der Waals surface area contributed by atoms with Crippen molar-refractivity contribution in [1.82, 2.24) is 10.2 Å². The van der Waals surface area contributed by atoms with E-state index in [0.717, 1.165) is 17.0 Å². The number of piperidine rings is 1. The highest BCUT2D eigenvalue weighted by atomic mass is 35.5. The molecule has 0 saturated carbocycles.